The highest BCUT2D eigenvalue weighted by atomic mass is 16.5. The van der Waals surface area contributed by atoms with Gasteiger partial charge in [-0.2, -0.15) is 0 Å². The van der Waals surface area contributed by atoms with Crippen molar-refractivity contribution in [2.24, 2.45) is 4.99 Å². The van der Waals surface area contributed by atoms with Crippen LogP contribution >= 0.6 is 0 Å². The molecule has 0 saturated heterocycles. The Labute approximate surface area is 92.2 Å². The number of esters is 1. The lowest BCUT2D eigenvalue weighted by Gasteiger charge is -2.22. The molecule has 0 amide bonds. The van der Waals surface area contributed by atoms with E-state index in [1.54, 1.807) is 18.3 Å². The van der Waals surface area contributed by atoms with Crippen LogP contribution in [0.4, 0.5) is 0 Å². The SMILES string of the molecule is CC(=O)OCC1=NC2=CN(C)NN2C(O)=C1. The van der Waals surface area contributed by atoms with Gasteiger partial charge in [-0.15, -0.1) is 5.53 Å². The summed E-state index contributed by atoms with van der Waals surface area (Å²) in [6, 6.07) is 0. The van der Waals surface area contributed by atoms with Gasteiger partial charge >= 0.3 is 5.97 Å². The molecule has 0 bridgehead atoms. The van der Waals surface area contributed by atoms with Crippen LogP contribution in [0, 0.1) is 0 Å². The summed E-state index contributed by atoms with van der Waals surface area (Å²) in [7, 11) is 1.78. The molecular weight excluding hydrogens is 212 g/mol. The maximum absolute atomic E-state index is 10.6. The van der Waals surface area contributed by atoms with Gasteiger partial charge in [-0.3, -0.25) is 9.80 Å². The number of fused-ring (bicyclic) bond motifs is 1. The third-order valence-electron chi connectivity index (χ3n) is 2.00. The van der Waals surface area contributed by atoms with E-state index in [9.17, 15) is 9.90 Å². The van der Waals surface area contributed by atoms with E-state index in [0.717, 1.165) is 0 Å². The number of carbonyl (C=O) groups is 1. The maximum Gasteiger partial charge on any atom is 0.303 e. The van der Waals surface area contributed by atoms with Crippen LogP contribution in [0.15, 0.2) is 29.0 Å². The minimum atomic E-state index is -0.381. The molecule has 0 aromatic carbocycles. The lowest BCUT2D eigenvalue weighted by Crippen LogP contribution is -2.39. The number of rotatable bonds is 2. The normalized spacial score (nSPS) is 18.8. The van der Waals surface area contributed by atoms with Crippen molar-refractivity contribution in [2.45, 2.75) is 6.92 Å². The van der Waals surface area contributed by atoms with Crippen LogP contribution in [0.25, 0.3) is 0 Å². The second kappa shape index (κ2) is 3.86. The Kier molecular flexibility index (Phi) is 2.53. The van der Waals surface area contributed by atoms with Gasteiger partial charge in [0.05, 0.1) is 11.9 Å². The molecular formula is C9H12N4O3. The fraction of sp³-hybridized carbons (Fsp3) is 0.333. The number of carbonyl (C=O) groups excluding carboxylic acids is 1. The Morgan fingerprint density at radius 3 is 3.12 bits per heavy atom. The summed E-state index contributed by atoms with van der Waals surface area (Å²) in [5, 5.41) is 12.7. The summed E-state index contributed by atoms with van der Waals surface area (Å²) in [6.45, 7) is 1.37. The molecule has 2 rings (SSSR count). The van der Waals surface area contributed by atoms with Crippen LogP contribution in [-0.4, -0.2) is 40.5 Å². The minimum Gasteiger partial charge on any atom is -0.493 e. The molecule has 2 N–H and O–H groups in total. The summed E-state index contributed by atoms with van der Waals surface area (Å²) in [6.07, 6.45) is 3.14. The van der Waals surface area contributed by atoms with Crippen molar-refractivity contribution in [2.75, 3.05) is 13.7 Å². The molecule has 0 saturated carbocycles. The van der Waals surface area contributed by atoms with Crippen LogP contribution in [0.3, 0.4) is 0 Å². The van der Waals surface area contributed by atoms with Crippen molar-refractivity contribution in [3.05, 3.63) is 24.0 Å². The van der Waals surface area contributed by atoms with Crippen molar-refractivity contribution in [1.29, 1.82) is 0 Å². The predicted molar refractivity (Wildman–Crippen MR) is 55.6 cm³/mol. The summed E-state index contributed by atoms with van der Waals surface area (Å²) in [4.78, 5) is 14.8. The Morgan fingerprint density at radius 1 is 1.69 bits per heavy atom. The molecule has 7 heteroatoms. The molecule has 0 aliphatic carbocycles. The van der Waals surface area contributed by atoms with E-state index < -0.39 is 0 Å². The van der Waals surface area contributed by atoms with E-state index >= 15 is 0 Å². The topological polar surface area (TPSA) is 77.4 Å². The van der Waals surface area contributed by atoms with Gasteiger partial charge in [0.2, 0.25) is 5.88 Å². The average molecular weight is 224 g/mol. The third kappa shape index (κ3) is 1.98. The Bertz CT molecular complexity index is 413. The summed E-state index contributed by atoms with van der Waals surface area (Å²) < 4.78 is 4.80. The van der Waals surface area contributed by atoms with E-state index in [4.69, 9.17) is 4.74 Å². The summed E-state index contributed by atoms with van der Waals surface area (Å²) in [5.74, 6) is 0.172. The van der Waals surface area contributed by atoms with Gasteiger partial charge in [0.25, 0.3) is 0 Å². The highest BCUT2D eigenvalue weighted by Crippen LogP contribution is 2.20. The molecule has 2 aliphatic heterocycles. The zero-order valence-corrected chi connectivity index (χ0v) is 8.97. The maximum atomic E-state index is 10.6. The first-order valence-corrected chi connectivity index (χ1v) is 4.69. The smallest absolute Gasteiger partial charge is 0.303 e. The lowest BCUT2D eigenvalue weighted by molar-refractivity contribution is -0.139. The van der Waals surface area contributed by atoms with Gasteiger partial charge in [0.1, 0.15) is 6.61 Å². The third-order valence-corrected chi connectivity index (χ3v) is 2.00. The van der Waals surface area contributed by atoms with Crippen LogP contribution in [0.5, 0.6) is 0 Å². The molecule has 0 aromatic rings. The lowest BCUT2D eigenvalue weighted by atomic mass is 10.3. The first-order chi connectivity index (χ1) is 7.56. The number of nitrogens with zero attached hydrogens (tertiary/aromatic N) is 3. The van der Waals surface area contributed by atoms with E-state index in [1.807, 2.05) is 0 Å². The van der Waals surface area contributed by atoms with Gasteiger partial charge in [-0.1, -0.05) is 0 Å². The largest absolute Gasteiger partial charge is 0.493 e. The molecule has 0 fully saturated rings. The molecule has 7 nitrogen and oxygen atoms in total. The fourth-order valence-electron chi connectivity index (χ4n) is 1.36. The molecule has 86 valence electrons. The van der Waals surface area contributed by atoms with Crippen LogP contribution < -0.4 is 5.53 Å². The minimum absolute atomic E-state index is 0.00718. The van der Waals surface area contributed by atoms with Crippen molar-refractivity contribution in [1.82, 2.24) is 15.6 Å². The number of aliphatic hydroxyl groups excluding tert-OH is 1. The number of aliphatic imine (C=N–C) groups is 1. The van der Waals surface area contributed by atoms with Gasteiger partial charge in [-0.25, -0.2) is 10.0 Å². The Morgan fingerprint density at radius 2 is 2.44 bits per heavy atom. The van der Waals surface area contributed by atoms with Crippen LogP contribution in [-0.2, 0) is 9.53 Å². The fourth-order valence-corrected chi connectivity index (χ4v) is 1.36. The number of hydrogen-bond acceptors (Lipinski definition) is 7. The van der Waals surface area contributed by atoms with Crippen LogP contribution in [0.1, 0.15) is 6.92 Å². The highest BCUT2D eigenvalue weighted by molar-refractivity contribution is 5.98. The van der Waals surface area contributed by atoms with E-state index in [1.165, 1.54) is 18.0 Å². The van der Waals surface area contributed by atoms with E-state index in [0.29, 0.717) is 11.5 Å². The second-order valence-corrected chi connectivity index (χ2v) is 3.42. The number of hydrogen-bond donors (Lipinski definition) is 2. The second-order valence-electron chi connectivity index (χ2n) is 3.42. The molecule has 0 unspecified atom stereocenters. The molecule has 0 spiro atoms. The molecule has 0 radical (unpaired) electrons. The number of aliphatic hydroxyl groups is 1. The Balaban J connectivity index is 2.13. The zero-order chi connectivity index (χ0) is 11.7. The molecule has 0 atom stereocenters. The first kappa shape index (κ1) is 10.5. The monoisotopic (exact) mass is 224 g/mol. The van der Waals surface area contributed by atoms with Crippen LogP contribution in [0.2, 0.25) is 0 Å². The van der Waals surface area contributed by atoms with Crippen molar-refractivity contribution in [3.8, 4) is 0 Å². The molecule has 0 aromatic heterocycles. The van der Waals surface area contributed by atoms with Crippen molar-refractivity contribution in [3.63, 3.8) is 0 Å². The first-order valence-electron chi connectivity index (χ1n) is 4.69. The number of nitrogens with one attached hydrogen (secondary N) is 1. The molecule has 16 heavy (non-hydrogen) atoms. The average Bonchev–Trinajstić information content (AvgIpc) is 2.56. The van der Waals surface area contributed by atoms with Gasteiger partial charge < -0.3 is 9.84 Å². The van der Waals surface area contributed by atoms with Gasteiger partial charge in [0, 0.05) is 20.0 Å². The number of ether oxygens (including phenoxy) is 1. The van der Waals surface area contributed by atoms with Gasteiger partial charge in [-0.05, 0) is 0 Å². The molecule has 2 aliphatic rings. The van der Waals surface area contributed by atoms with Crippen molar-refractivity contribution < 1.29 is 14.6 Å². The van der Waals surface area contributed by atoms with Crippen molar-refractivity contribution >= 4 is 11.7 Å². The predicted octanol–water partition coefficient (Wildman–Crippen LogP) is -0.131. The quantitative estimate of drug-likeness (QED) is 0.636. The van der Waals surface area contributed by atoms with E-state index in [-0.39, 0.29) is 18.5 Å². The Hall–Kier alpha value is -2.02. The highest BCUT2D eigenvalue weighted by Gasteiger charge is 2.25. The summed E-state index contributed by atoms with van der Waals surface area (Å²) in [5.41, 5.74) is 3.32. The molecule has 2 heterocycles. The summed E-state index contributed by atoms with van der Waals surface area (Å²) >= 11 is 0. The standard InChI is InChI=1S/C9H12N4O3/c1-6(14)16-5-7-3-9(15)13-8(10-7)4-12(2)11-13/h3-4,11,15H,5H2,1-2H3. The van der Waals surface area contributed by atoms with E-state index in [2.05, 4.69) is 10.5 Å². The zero-order valence-electron chi connectivity index (χ0n) is 8.97. The number of hydrazine groups is 2. The van der Waals surface area contributed by atoms with Gasteiger partial charge in [0.15, 0.2) is 5.82 Å².